The van der Waals surface area contributed by atoms with Gasteiger partial charge < -0.3 is 15.8 Å². The van der Waals surface area contributed by atoms with E-state index in [1.807, 2.05) is 20.8 Å². The summed E-state index contributed by atoms with van der Waals surface area (Å²) in [6.07, 6.45) is -3.61. The second-order valence-corrected chi connectivity index (χ2v) is 13.1. The predicted molar refractivity (Wildman–Crippen MR) is 170 cm³/mol. The van der Waals surface area contributed by atoms with E-state index in [0.29, 0.717) is 21.5 Å². The number of amides is 2. The minimum atomic E-state index is -4.76. The van der Waals surface area contributed by atoms with Crippen LogP contribution in [0.2, 0.25) is 5.02 Å². The summed E-state index contributed by atoms with van der Waals surface area (Å²) in [6.45, 7) is 2.62. The molecule has 0 unspecified atom stereocenters. The summed E-state index contributed by atoms with van der Waals surface area (Å²) in [7, 11) is 0. The third-order valence-electron chi connectivity index (χ3n) is 7.87. The fraction of sp³-hybridized carbons (Fsp3) is 0.387. The molecule has 0 fully saturated rings. The van der Waals surface area contributed by atoms with Gasteiger partial charge in [0, 0.05) is 11.1 Å². The first-order chi connectivity index (χ1) is 23.4. The summed E-state index contributed by atoms with van der Waals surface area (Å²) in [6, 6.07) is 7.38. The zero-order valence-corrected chi connectivity index (χ0v) is 27.8. The molecule has 0 aliphatic carbocycles. The number of ether oxygens (including phenoxy) is 1. The van der Waals surface area contributed by atoms with Crippen molar-refractivity contribution >= 4 is 29.6 Å². The van der Waals surface area contributed by atoms with E-state index in [4.69, 9.17) is 27.1 Å². The van der Waals surface area contributed by atoms with E-state index in [2.05, 4.69) is 25.5 Å². The minimum Gasteiger partial charge on any atom is -0.447 e. The molecular formula is C31H32ClF5N10O3. The van der Waals surface area contributed by atoms with Gasteiger partial charge in [-0.15, -0.1) is 0 Å². The van der Waals surface area contributed by atoms with Crippen LogP contribution in [-0.4, -0.2) is 71.9 Å². The van der Waals surface area contributed by atoms with Crippen LogP contribution in [0.15, 0.2) is 60.0 Å². The van der Waals surface area contributed by atoms with E-state index < -0.39 is 54.4 Å². The van der Waals surface area contributed by atoms with Gasteiger partial charge in [-0.2, -0.15) is 47.1 Å². The molecular weight excluding hydrogens is 691 g/mol. The first-order valence-electron chi connectivity index (χ1n) is 15.0. The maximum absolute atomic E-state index is 14.8. The van der Waals surface area contributed by atoms with Crippen LogP contribution >= 0.6 is 11.6 Å². The number of nitrogens with two attached hydrogens (primary N) is 1. The Morgan fingerprint density at radius 1 is 1.14 bits per heavy atom. The Morgan fingerprint density at radius 3 is 2.44 bits per heavy atom. The molecule has 266 valence electrons. The van der Waals surface area contributed by atoms with Crippen LogP contribution in [0.25, 0.3) is 22.6 Å². The highest BCUT2D eigenvalue weighted by Gasteiger charge is 2.53. The van der Waals surface area contributed by atoms with Gasteiger partial charge >= 0.3 is 18.8 Å². The number of aromatic nitrogens is 6. The van der Waals surface area contributed by atoms with Crippen molar-refractivity contribution in [2.45, 2.75) is 64.5 Å². The molecule has 3 atom stereocenters. The van der Waals surface area contributed by atoms with Crippen LogP contribution in [0.3, 0.4) is 0 Å². The third-order valence-corrected chi connectivity index (χ3v) is 8.20. The number of aliphatic imine (C=N–C) groups is 1. The van der Waals surface area contributed by atoms with Crippen molar-refractivity contribution in [1.29, 1.82) is 0 Å². The summed E-state index contributed by atoms with van der Waals surface area (Å²) in [5, 5.41) is 15.7. The Morgan fingerprint density at radius 2 is 1.84 bits per heavy atom. The molecule has 0 bridgehead atoms. The van der Waals surface area contributed by atoms with Crippen LogP contribution in [0, 0.1) is 5.41 Å². The van der Waals surface area contributed by atoms with E-state index >= 15 is 0 Å². The van der Waals surface area contributed by atoms with Gasteiger partial charge in [0.05, 0.1) is 17.3 Å². The van der Waals surface area contributed by atoms with Crippen molar-refractivity contribution < 1.29 is 36.3 Å². The van der Waals surface area contributed by atoms with Crippen molar-refractivity contribution in [2.75, 3.05) is 6.61 Å². The molecule has 0 saturated heterocycles. The van der Waals surface area contributed by atoms with Crippen LogP contribution in [-0.2, 0) is 15.1 Å². The lowest BCUT2D eigenvalue weighted by Gasteiger charge is -2.35. The second kappa shape index (κ2) is 13.6. The normalized spacial score (nSPS) is 17.9. The smallest absolute Gasteiger partial charge is 0.408 e. The number of benzene rings is 2. The van der Waals surface area contributed by atoms with E-state index in [1.54, 1.807) is 29.6 Å². The van der Waals surface area contributed by atoms with Crippen molar-refractivity contribution in [3.8, 4) is 22.6 Å². The average molecular weight is 723 g/mol. The van der Waals surface area contributed by atoms with Crippen LogP contribution in [0.4, 0.5) is 26.7 Å². The summed E-state index contributed by atoms with van der Waals surface area (Å²) in [4.78, 5) is 37.0. The van der Waals surface area contributed by atoms with Crippen LogP contribution in [0.5, 0.6) is 0 Å². The number of carbonyl (C=O) groups is 2. The first kappa shape index (κ1) is 36.2. The van der Waals surface area contributed by atoms with Crippen molar-refractivity contribution in [2.24, 2.45) is 16.1 Å². The van der Waals surface area contributed by atoms with Gasteiger partial charge in [-0.1, -0.05) is 62.7 Å². The Kier molecular flexibility index (Phi) is 9.87. The Bertz CT molecular complexity index is 1880. The number of rotatable bonds is 10. The van der Waals surface area contributed by atoms with Crippen molar-refractivity contribution in [3.05, 3.63) is 71.1 Å². The SMILES string of the molecule is C[C@H](NC(=O)OC[C@H](c1ccc(Cl)c(-c2ncnn2C(F)F)c1)N1C(=O)[C@@](CC(C)(C)C)(c2ccc(-c3cn[nH]n3)cc2)N=C1N)C(F)(F)F. The van der Waals surface area contributed by atoms with Gasteiger partial charge in [0.2, 0.25) is 0 Å². The summed E-state index contributed by atoms with van der Waals surface area (Å²) >= 11 is 6.39. The Labute approximate surface area is 287 Å². The summed E-state index contributed by atoms with van der Waals surface area (Å²) in [5.41, 5.74) is 6.25. The first-order valence-corrected chi connectivity index (χ1v) is 15.4. The number of hydrogen-bond donors (Lipinski definition) is 3. The molecule has 2 aromatic carbocycles. The van der Waals surface area contributed by atoms with Crippen molar-refractivity contribution in [1.82, 2.24) is 40.4 Å². The van der Waals surface area contributed by atoms with Gasteiger partial charge in [0.25, 0.3) is 5.91 Å². The number of carbonyl (C=O) groups excluding carboxylic acids is 2. The molecule has 19 heteroatoms. The summed E-state index contributed by atoms with van der Waals surface area (Å²) < 4.78 is 72.6. The molecule has 0 spiro atoms. The number of guanidine groups is 1. The van der Waals surface area contributed by atoms with Gasteiger partial charge in [0.1, 0.15) is 24.7 Å². The van der Waals surface area contributed by atoms with Gasteiger partial charge in [-0.25, -0.2) is 14.8 Å². The minimum absolute atomic E-state index is 0.0104. The standard InChI is InChI=1S/C31H32ClF5N10O3/c1-16(31(35,36)37)42-28(49)50-13-23(18-7-10-21(32)20(11-18)24-39-15-41-47(24)26(33)34)46-25(48)30(43-27(46)38,14-29(2,3)4)19-8-5-17(6-9-19)22-12-40-45-44-22/h5-12,15-16,23,26H,13-14H2,1-4H3,(H2,38,43)(H,42,49)(H,40,44,45)/t16-,23+,30+/m0/s1. The number of nitrogens with zero attached hydrogens (tertiary/aromatic N) is 7. The molecule has 2 amide bonds. The number of alkyl carbamates (subject to hydrolysis) is 1. The quantitative estimate of drug-likeness (QED) is 0.168. The average Bonchev–Trinajstić information content (AvgIpc) is 3.79. The molecule has 0 radical (unpaired) electrons. The predicted octanol–water partition coefficient (Wildman–Crippen LogP) is 5.99. The highest BCUT2D eigenvalue weighted by Crippen LogP contribution is 2.45. The number of hydrogen-bond acceptors (Lipinski definition) is 9. The fourth-order valence-corrected chi connectivity index (χ4v) is 5.82. The van der Waals surface area contributed by atoms with Crippen molar-refractivity contribution in [3.63, 3.8) is 0 Å². The molecule has 50 heavy (non-hydrogen) atoms. The number of nitrogens with one attached hydrogen (secondary N) is 2. The van der Waals surface area contributed by atoms with Crippen LogP contribution < -0.4 is 11.1 Å². The maximum atomic E-state index is 14.8. The molecule has 0 saturated carbocycles. The molecule has 2 aromatic heterocycles. The molecule has 13 nitrogen and oxygen atoms in total. The number of halogens is 6. The molecule has 5 rings (SSSR count). The highest BCUT2D eigenvalue weighted by atomic mass is 35.5. The van der Waals surface area contributed by atoms with E-state index in [-0.39, 0.29) is 34.4 Å². The molecule has 4 N–H and O–H groups in total. The summed E-state index contributed by atoms with van der Waals surface area (Å²) in [5.74, 6) is -1.24. The van der Waals surface area contributed by atoms with E-state index in [9.17, 15) is 31.5 Å². The van der Waals surface area contributed by atoms with E-state index in [0.717, 1.165) is 18.2 Å². The molecule has 4 aromatic rings. The number of aromatic amines is 1. The van der Waals surface area contributed by atoms with Crippen LogP contribution in [0.1, 0.15) is 57.8 Å². The monoisotopic (exact) mass is 722 g/mol. The topological polar surface area (TPSA) is 169 Å². The maximum Gasteiger partial charge on any atom is 0.408 e. The van der Waals surface area contributed by atoms with Gasteiger partial charge in [-0.3, -0.25) is 9.69 Å². The Balaban J connectivity index is 1.58. The molecule has 3 heterocycles. The zero-order valence-electron chi connectivity index (χ0n) is 27.0. The number of alkyl halides is 5. The lowest BCUT2D eigenvalue weighted by Crippen LogP contribution is -2.48. The third kappa shape index (κ3) is 7.39. The Hall–Kier alpha value is -5.13. The highest BCUT2D eigenvalue weighted by molar-refractivity contribution is 6.33. The largest absolute Gasteiger partial charge is 0.447 e. The molecule has 1 aliphatic heterocycles. The second-order valence-electron chi connectivity index (χ2n) is 12.7. The lowest BCUT2D eigenvalue weighted by molar-refractivity contribution is -0.150. The van der Waals surface area contributed by atoms with Gasteiger partial charge in [0.15, 0.2) is 17.3 Å². The van der Waals surface area contributed by atoms with Gasteiger partial charge in [-0.05, 0) is 42.0 Å². The lowest BCUT2D eigenvalue weighted by atomic mass is 9.75. The van der Waals surface area contributed by atoms with E-state index in [1.165, 1.54) is 24.4 Å². The zero-order chi connectivity index (χ0) is 36.6. The fourth-order valence-electron chi connectivity index (χ4n) is 5.61. The number of H-pyrrole nitrogens is 1. The molecule has 1 aliphatic rings.